The Morgan fingerprint density at radius 3 is 1.19 bits per heavy atom. The Balaban J connectivity index is 0. The van der Waals surface area contributed by atoms with Crippen molar-refractivity contribution in [2.24, 2.45) is 35.5 Å². The summed E-state index contributed by atoms with van der Waals surface area (Å²) in [7, 11) is 0. The fourth-order valence-corrected chi connectivity index (χ4v) is 8.88. The molecule has 0 radical (unpaired) electrons. The third-order valence-electron chi connectivity index (χ3n) is 7.02. The molecule has 36 heavy (non-hydrogen) atoms. The molecule has 0 aliphatic heterocycles. The average molecular weight is 603 g/mol. The maximum Gasteiger partial charge on any atom is 0.247 e. The number of hydrogen-bond acceptors (Lipinski definition) is 4. The zero-order chi connectivity index (χ0) is 26.7. The van der Waals surface area contributed by atoms with Gasteiger partial charge in [0.15, 0.2) is 0 Å². The molecule has 0 fully saturated rings. The van der Waals surface area contributed by atoms with Crippen LogP contribution in [-0.4, -0.2) is 19.0 Å². The molecule has 0 rings (SSSR count). The van der Waals surface area contributed by atoms with E-state index in [1.807, 2.05) is 11.4 Å². The van der Waals surface area contributed by atoms with Crippen molar-refractivity contribution >= 4 is 28.9 Å². The van der Waals surface area contributed by atoms with E-state index in [0.29, 0.717) is 11.8 Å². The normalized spacial score (nSPS) is 16.2. The summed E-state index contributed by atoms with van der Waals surface area (Å²) in [5, 5.41) is 0. The summed E-state index contributed by atoms with van der Waals surface area (Å²) in [5.41, 5.74) is -2.26. The van der Waals surface area contributed by atoms with Crippen LogP contribution < -0.4 is 0 Å². The van der Waals surface area contributed by atoms with Crippen LogP contribution >= 0.6 is 17.1 Å². The molecule has 0 aromatic heterocycles. The van der Waals surface area contributed by atoms with Crippen molar-refractivity contribution in [2.45, 2.75) is 139 Å². The van der Waals surface area contributed by atoms with Crippen LogP contribution in [-0.2, 0) is 38.2 Å². The van der Waals surface area contributed by atoms with E-state index >= 15 is 0 Å². The van der Waals surface area contributed by atoms with Gasteiger partial charge in [-0.1, -0.05) is 131 Å². The fraction of sp³-hybridized carbons (Fsp3) is 1.00. The van der Waals surface area contributed by atoms with Gasteiger partial charge in [0.1, 0.15) is 0 Å². The van der Waals surface area contributed by atoms with Crippen molar-refractivity contribution in [3.8, 4) is 0 Å². The molecule has 0 bridgehead atoms. The first-order valence-electron chi connectivity index (χ1n) is 15.0. The first-order chi connectivity index (χ1) is 16.4. The minimum Gasteiger partial charge on any atom is -0.322 e. The predicted molar refractivity (Wildman–Crippen MR) is 166 cm³/mol. The smallest absolute Gasteiger partial charge is 0.247 e. The van der Waals surface area contributed by atoms with Crippen LogP contribution in [0.2, 0.25) is 0 Å². The Morgan fingerprint density at radius 2 is 0.861 bits per heavy atom. The predicted octanol–water partition coefficient (Wildman–Crippen LogP) is 11.5. The van der Waals surface area contributed by atoms with Crippen molar-refractivity contribution in [1.82, 2.24) is 0 Å². The molecule has 0 aliphatic carbocycles. The van der Waals surface area contributed by atoms with Gasteiger partial charge in [0.2, 0.25) is 5.69 Å². The van der Waals surface area contributed by atoms with Gasteiger partial charge in [-0.25, -0.2) is 0 Å². The maximum atomic E-state index is 6.38. The van der Waals surface area contributed by atoms with Gasteiger partial charge in [-0.05, 0) is 66.6 Å². The molecule has 6 heteroatoms. The average Bonchev–Trinajstić information content (AvgIpc) is 2.73. The number of rotatable bonds is 24. The van der Waals surface area contributed by atoms with E-state index in [1.54, 1.807) is 0 Å². The second kappa shape index (κ2) is 24.3. The molecule has 0 amide bonds. The Labute approximate surface area is 248 Å². The maximum absolute atomic E-state index is 6.38. The van der Waals surface area contributed by atoms with E-state index in [2.05, 4.69) is 62.3 Å². The topological polar surface area (TPSA) is 18.5 Å². The fourth-order valence-electron chi connectivity index (χ4n) is 4.27. The molecule has 0 heterocycles. The van der Waals surface area contributed by atoms with Gasteiger partial charge in [-0.15, -0.1) is 0 Å². The molecule has 0 aliphatic rings. The van der Waals surface area contributed by atoms with Gasteiger partial charge in [0.05, 0.1) is 13.2 Å². The summed E-state index contributed by atoms with van der Waals surface area (Å²) < 4.78 is 12.8. The zero-order valence-corrected chi connectivity index (χ0v) is 29.4. The molecule has 0 spiro atoms. The Bertz CT molecular complexity index is 460. The third kappa shape index (κ3) is 25.7. The molecule has 0 aromatic rings. The molecular weight excluding hydrogens is 539 g/mol. The van der Waals surface area contributed by atoms with Gasteiger partial charge in [0, 0.05) is 23.1 Å². The molecule has 3 unspecified atom stereocenters. The molecule has 0 saturated heterocycles. The number of hydrogen-bond donors (Lipinski definition) is 0. The SMILES string of the molecule is CC(C)CCCC(C)CCOP(=S)(OCCC(C)CCCC(C)C)SCCC(C)CCCC(C)C.[Cr]. The quantitative estimate of drug-likeness (QED) is 0.102. The molecule has 0 N–H and O–H groups in total. The van der Waals surface area contributed by atoms with E-state index in [0.717, 1.165) is 55.5 Å². The second-order valence-electron chi connectivity index (χ2n) is 12.6. The van der Waals surface area contributed by atoms with Gasteiger partial charge >= 0.3 is 0 Å². The van der Waals surface area contributed by atoms with Gasteiger partial charge in [0.25, 0.3) is 0 Å². The summed E-state index contributed by atoms with van der Waals surface area (Å²) in [6.45, 7) is 22.5. The van der Waals surface area contributed by atoms with Crippen LogP contribution in [0, 0.1) is 35.5 Å². The van der Waals surface area contributed by atoms with E-state index in [4.69, 9.17) is 20.9 Å². The van der Waals surface area contributed by atoms with Gasteiger partial charge < -0.3 is 9.05 Å². The zero-order valence-electron chi connectivity index (χ0n) is 25.6. The first kappa shape index (κ1) is 39.6. The molecule has 0 saturated carbocycles. The van der Waals surface area contributed by atoms with Crippen LogP contribution in [0.1, 0.15) is 139 Å². The molecule has 0 aromatic carbocycles. The minimum atomic E-state index is -2.26. The second-order valence-corrected chi connectivity index (χ2v) is 19.0. The summed E-state index contributed by atoms with van der Waals surface area (Å²) >= 11 is 7.87. The summed E-state index contributed by atoms with van der Waals surface area (Å²) in [6, 6.07) is 0. The molecule has 218 valence electrons. The summed E-state index contributed by atoms with van der Waals surface area (Å²) in [5.74, 6) is 5.63. The van der Waals surface area contributed by atoms with Crippen molar-refractivity contribution < 1.29 is 26.4 Å². The van der Waals surface area contributed by atoms with Crippen LogP contribution in [0.3, 0.4) is 0 Å². The van der Waals surface area contributed by atoms with E-state index < -0.39 is 5.69 Å². The Hall–Kier alpha value is 1.45. The van der Waals surface area contributed by atoms with Crippen LogP contribution in [0.4, 0.5) is 0 Å². The van der Waals surface area contributed by atoms with Gasteiger partial charge in [-0.3, -0.25) is 0 Å². The Kier molecular flexibility index (Phi) is 26.7. The monoisotopic (exact) mass is 602 g/mol. The van der Waals surface area contributed by atoms with Crippen molar-refractivity contribution in [1.29, 1.82) is 0 Å². The van der Waals surface area contributed by atoms with Crippen LogP contribution in [0.25, 0.3) is 0 Å². The van der Waals surface area contributed by atoms with Crippen LogP contribution in [0.5, 0.6) is 0 Å². The molecule has 3 atom stereocenters. The largest absolute Gasteiger partial charge is 0.322 e. The molecular formula is C30H63CrO2PS2. The van der Waals surface area contributed by atoms with E-state index in [9.17, 15) is 0 Å². The summed E-state index contributed by atoms with van der Waals surface area (Å²) in [4.78, 5) is 0. The van der Waals surface area contributed by atoms with Gasteiger partial charge in [-0.2, -0.15) is 0 Å². The first-order valence-corrected chi connectivity index (χ1v) is 19.2. The Morgan fingerprint density at radius 1 is 0.528 bits per heavy atom. The van der Waals surface area contributed by atoms with Crippen molar-refractivity contribution in [2.75, 3.05) is 19.0 Å². The van der Waals surface area contributed by atoms with Crippen LogP contribution in [0.15, 0.2) is 0 Å². The summed E-state index contributed by atoms with van der Waals surface area (Å²) in [6.07, 6.45) is 15.3. The van der Waals surface area contributed by atoms with Crippen molar-refractivity contribution in [3.05, 3.63) is 0 Å². The van der Waals surface area contributed by atoms with E-state index in [-0.39, 0.29) is 17.4 Å². The molecule has 2 nitrogen and oxygen atoms in total. The van der Waals surface area contributed by atoms with E-state index in [1.165, 1.54) is 64.2 Å². The third-order valence-corrected chi connectivity index (χ3v) is 12.5. The van der Waals surface area contributed by atoms with Crippen molar-refractivity contribution in [3.63, 3.8) is 0 Å². The standard InChI is InChI=1S/C30H63O2PS2.Cr/c1-25(2)13-10-16-28(7)19-22-31-33(34,32-23-20-29(8)17-11-14-26(3)4)35-24-21-30(9)18-12-15-27(5)6;/h25-30H,10-24H2,1-9H3;. The minimum absolute atomic E-state index is 0.